The molecule has 0 saturated carbocycles. The van der Waals surface area contributed by atoms with Crippen molar-refractivity contribution in [1.82, 2.24) is 5.32 Å². The van der Waals surface area contributed by atoms with Gasteiger partial charge in [0.05, 0.1) is 0 Å². The van der Waals surface area contributed by atoms with Gasteiger partial charge in [0.15, 0.2) is 0 Å². The normalized spacial score (nSPS) is 13.7. The molecular weight excluding hydrogens is 262 g/mol. The average Bonchev–Trinajstić information content (AvgIpc) is 2.05. The summed E-state index contributed by atoms with van der Waals surface area (Å²) in [5.74, 6) is 0. The maximum absolute atomic E-state index is 11.0. The monoisotopic (exact) mass is 274 g/mol. The predicted octanol–water partition coefficient (Wildman–Crippen LogP) is 0.0823. The van der Waals surface area contributed by atoms with Gasteiger partial charge in [-0.15, -0.1) is 0 Å². The molecule has 0 rings (SSSR count). The van der Waals surface area contributed by atoms with Crippen LogP contribution in [-0.2, 0) is 33.1 Å². The summed E-state index contributed by atoms with van der Waals surface area (Å²) in [6.07, 6.45) is 2.83. The summed E-state index contributed by atoms with van der Waals surface area (Å²) in [5.41, 5.74) is 0. The van der Waals surface area contributed by atoms with Crippen molar-refractivity contribution in [3.05, 3.63) is 25.3 Å². The van der Waals surface area contributed by atoms with Crippen LogP contribution in [-0.4, -0.2) is 20.3 Å². The van der Waals surface area contributed by atoms with Crippen molar-refractivity contribution in [2.24, 2.45) is 0 Å². The van der Waals surface area contributed by atoms with Gasteiger partial charge in [-0.3, -0.25) is 0 Å². The molecule has 0 aliphatic carbocycles. The minimum absolute atomic E-state index is 0.389. The van der Waals surface area contributed by atoms with Crippen molar-refractivity contribution in [3.8, 4) is 0 Å². The van der Waals surface area contributed by atoms with Crippen molar-refractivity contribution in [1.29, 1.82) is 0 Å². The Balaban J connectivity index is 4.34. The zero-order valence-corrected chi connectivity index (χ0v) is 9.22. The molecule has 0 aromatic carbocycles. The fourth-order valence-corrected chi connectivity index (χ4v) is 1.79. The fraction of sp³-hybridized carbons (Fsp3) is 0.333. The van der Waals surface area contributed by atoms with Gasteiger partial charge in [0, 0.05) is 0 Å². The molecule has 69 valence electrons. The fourth-order valence-electron chi connectivity index (χ4n) is 0.545. The summed E-state index contributed by atoms with van der Waals surface area (Å²) >= 11 is 1.04. The Kier molecular flexibility index (Phi) is 5.66. The van der Waals surface area contributed by atoms with Crippen LogP contribution in [0.2, 0.25) is 0 Å². The van der Waals surface area contributed by atoms with E-state index in [0.717, 1.165) is 20.2 Å². The molecule has 0 radical (unpaired) electrons. The minimum atomic E-state index is -3.56. The van der Waals surface area contributed by atoms with E-state index in [1.165, 1.54) is 6.08 Å². The SMILES string of the molecule is C=CCNC(C=C)S(=O)(=O)[O][Mo]. The van der Waals surface area contributed by atoms with Gasteiger partial charge >= 0.3 is 84.1 Å². The Bertz CT molecular complexity index is 250. The molecule has 0 aromatic rings. The van der Waals surface area contributed by atoms with Crippen molar-refractivity contribution in [2.75, 3.05) is 6.54 Å². The Labute approximate surface area is 84.2 Å². The first-order chi connectivity index (χ1) is 5.58. The number of hydrogen-bond acceptors (Lipinski definition) is 4. The molecule has 0 aliphatic rings. The number of rotatable bonds is 6. The molecule has 4 nitrogen and oxygen atoms in total. The predicted molar refractivity (Wildman–Crippen MR) is 42.2 cm³/mol. The van der Waals surface area contributed by atoms with E-state index < -0.39 is 15.5 Å². The quantitative estimate of drug-likeness (QED) is 0.549. The van der Waals surface area contributed by atoms with Crippen molar-refractivity contribution < 1.29 is 31.4 Å². The van der Waals surface area contributed by atoms with Crippen molar-refractivity contribution in [2.45, 2.75) is 5.37 Å². The molecule has 0 bridgehead atoms. The molecule has 0 amide bonds. The molecule has 0 spiro atoms. The second-order valence-corrected chi connectivity index (χ2v) is 4.55. The molecule has 0 saturated heterocycles. The molecular formula is C6H10MoNO3S. The molecule has 0 aromatic heterocycles. The van der Waals surface area contributed by atoms with Crippen LogP contribution < -0.4 is 5.32 Å². The van der Waals surface area contributed by atoms with Crippen LogP contribution in [0.5, 0.6) is 0 Å². The molecule has 0 aliphatic heterocycles. The van der Waals surface area contributed by atoms with E-state index in [2.05, 4.69) is 21.3 Å². The zero-order valence-electron chi connectivity index (χ0n) is 6.39. The van der Waals surface area contributed by atoms with Crippen molar-refractivity contribution >= 4 is 10.1 Å². The Morgan fingerprint density at radius 1 is 1.58 bits per heavy atom. The number of nitrogens with one attached hydrogen (secondary N) is 1. The average molecular weight is 272 g/mol. The first-order valence-electron chi connectivity index (χ1n) is 3.10. The molecule has 1 N–H and O–H groups in total. The standard InChI is InChI=1S/C6H11NO3S.Mo/c1-3-5-7-6(4-2)11(8,9)10;/h3-4,6-7H,1-2,5H2,(H,8,9,10);/q;+1/p-1. The van der Waals surface area contributed by atoms with Crippen LogP contribution in [0, 0.1) is 0 Å². The molecule has 1 atom stereocenters. The van der Waals surface area contributed by atoms with Gasteiger partial charge in [-0.2, -0.15) is 0 Å². The third kappa shape index (κ3) is 3.63. The van der Waals surface area contributed by atoms with E-state index in [1.54, 1.807) is 6.08 Å². The first kappa shape index (κ1) is 12.0. The Hall–Kier alpha value is 0.0383. The summed E-state index contributed by atoms with van der Waals surface area (Å²) in [4.78, 5) is 0. The van der Waals surface area contributed by atoms with Gasteiger partial charge in [0.25, 0.3) is 0 Å². The topological polar surface area (TPSA) is 55.4 Å². The van der Waals surface area contributed by atoms with Gasteiger partial charge in [-0.05, 0) is 0 Å². The second-order valence-electron chi connectivity index (χ2n) is 1.91. The Morgan fingerprint density at radius 2 is 2.17 bits per heavy atom. The Morgan fingerprint density at radius 3 is 2.50 bits per heavy atom. The maximum atomic E-state index is 11.0. The van der Waals surface area contributed by atoms with Crippen LogP contribution >= 0.6 is 0 Å². The van der Waals surface area contributed by atoms with E-state index in [4.69, 9.17) is 0 Å². The van der Waals surface area contributed by atoms with Crippen LogP contribution in [0.4, 0.5) is 0 Å². The van der Waals surface area contributed by atoms with Gasteiger partial charge in [-0.25, -0.2) is 0 Å². The van der Waals surface area contributed by atoms with Gasteiger partial charge in [-0.1, -0.05) is 0 Å². The van der Waals surface area contributed by atoms with Crippen LogP contribution in [0.15, 0.2) is 25.3 Å². The summed E-state index contributed by atoms with van der Waals surface area (Å²) in [6, 6.07) is 0. The summed E-state index contributed by atoms with van der Waals surface area (Å²) < 4.78 is 26.4. The third-order valence-electron chi connectivity index (χ3n) is 1.08. The van der Waals surface area contributed by atoms with Crippen LogP contribution in [0.25, 0.3) is 0 Å². The molecule has 0 fully saturated rings. The summed E-state index contributed by atoms with van der Waals surface area (Å²) in [6.45, 7) is 7.21. The van der Waals surface area contributed by atoms with Gasteiger partial charge < -0.3 is 0 Å². The summed E-state index contributed by atoms with van der Waals surface area (Å²) in [7, 11) is -3.56. The van der Waals surface area contributed by atoms with Gasteiger partial charge in [0.2, 0.25) is 0 Å². The molecule has 1 unspecified atom stereocenters. The van der Waals surface area contributed by atoms with Crippen LogP contribution in [0.1, 0.15) is 0 Å². The zero-order chi connectivity index (χ0) is 9.61. The van der Waals surface area contributed by atoms with E-state index in [9.17, 15) is 8.42 Å². The van der Waals surface area contributed by atoms with E-state index in [0.29, 0.717) is 6.54 Å². The third-order valence-corrected chi connectivity index (χ3v) is 3.65. The summed E-state index contributed by atoms with van der Waals surface area (Å²) in [5, 5.41) is 1.79. The van der Waals surface area contributed by atoms with E-state index in [1.807, 2.05) is 0 Å². The molecule has 6 heteroatoms. The van der Waals surface area contributed by atoms with E-state index in [-0.39, 0.29) is 0 Å². The van der Waals surface area contributed by atoms with Gasteiger partial charge in [0.1, 0.15) is 0 Å². The first-order valence-corrected chi connectivity index (χ1v) is 5.39. The molecule has 12 heavy (non-hydrogen) atoms. The van der Waals surface area contributed by atoms with Crippen molar-refractivity contribution in [3.63, 3.8) is 0 Å². The van der Waals surface area contributed by atoms with Crippen LogP contribution in [0.3, 0.4) is 0 Å². The number of hydrogen-bond donors (Lipinski definition) is 1. The second kappa shape index (κ2) is 5.64. The van der Waals surface area contributed by atoms with E-state index >= 15 is 0 Å². The molecule has 0 heterocycles.